The molecule has 3 rings (SSSR count). The lowest BCUT2D eigenvalue weighted by atomic mass is 9.97. The Morgan fingerprint density at radius 2 is 1.96 bits per heavy atom. The summed E-state index contributed by atoms with van der Waals surface area (Å²) in [6.07, 6.45) is 2.65. The van der Waals surface area contributed by atoms with Crippen molar-refractivity contribution in [2.45, 2.75) is 38.8 Å². The van der Waals surface area contributed by atoms with Crippen LogP contribution in [0.2, 0.25) is 0 Å². The Morgan fingerprint density at radius 3 is 2.65 bits per heavy atom. The molecule has 1 N–H and O–H groups in total. The van der Waals surface area contributed by atoms with E-state index < -0.39 is 0 Å². The average Bonchev–Trinajstić information content (AvgIpc) is 2.54. The first-order valence-electron chi connectivity index (χ1n) is 9.07. The number of rotatable bonds is 4. The van der Waals surface area contributed by atoms with Crippen LogP contribution in [0.15, 0.2) is 24.3 Å². The van der Waals surface area contributed by atoms with Crippen LogP contribution in [0.4, 0.5) is 4.39 Å². The number of halogens is 1. The van der Waals surface area contributed by atoms with E-state index in [1.807, 2.05) is 12.1 Å². The van der Waals surface area contributed by atoms with Crippen LogP contribution in [0.25, 0.3) is 0 Å². The van der Waals surface area contributed by atoms with Crippen molar-refractivity contribution in [1.82, 2.24) is 15.1 Å². The highest BCUT2D eigenvalue weighted by molar-refractivity contribution is 5.21. The lowest BCUT2D eigenvalue weighted by Crippen LogP contribution is -2.52. The van der Waals surface area contributed by atoms with E-state index in [1.54, 1.807) is 12.1 Å². The number of hydrogen-bond donors (Lipinski definition) is 1. The van der Waals surface area contributed by atoms with Crippen LogP contribution in [0.5, 0.6) is 0 Å². The molecule has 0 saturated carbocycles. The molecule has 0 amide bonds. The van der Waals surface area contributed by atoms with Crippen molar-refractivity contribution in [3.63, 3.8) is 0 Å². The maximum atomic E-state index is 13.3. The van der Waals surface area contributed by atoms with Crippen molar-refractivity contribution in [3.05, 3.63) is 35.6 Å². The van der Waals surface area contributed by atoms with Gasteiger partial charge in [-0.1, -0.05) is 19.1 Å². The van der Waals surface area contributed by atoms with Gasteiger partial charge in [-0.25, -0.2) is 4.39 Å². The summed E-state index contributed by atoms with van der Waals surface area (Å²) in [4.78, 5) is 5.18. The van der Waals surface area contributed by atoms with Crippen molar-refractivity contribution in [2.24, 2.45) is 5.92 Å². The van der Waals surface area contributed by atoms with Gasteiger partial charge < -0.3 is 10.2 Å². The van der Waals surface area contributed by atoms with Crippen molar-refractivity contribution in [3.8, 4) is 0 Å². The Balaban J connectivity index is 1.76. The highest BCUT2D eigenvalue weighted by Crippen LogP contribution is 2.26. The van der Waals surface area contributed by atoms with E-state index in [-0.39, 0.29) is 5.82 Å². The molecule has 2 aliphatic heterocycles. The van der Waals surface area contributed by atoms with Gasteiger partial charge in [0.15, 0.2) is 0 Å². The molecule has 3 atom stereocenters. The molecule has 0 radical (unpaired) electrons. The van der Waals surface area contributed by atoms with Crippen LogP contribution in [0.1, 0.15) is 38.3 Å². The molecule has 128 valence electrons. The van der Waals surface area contributed by atoms with Crippen LogP contribution in [-0.4, -0.2) is 55.1 Å². The summed E-state index contributed by atoms with van der Waals surface area (Å²) in [7, 11) is 0. The summed E-state index contributed by atoms with van der Waals surface area (Å²) in [6.45, 7) is 11.2. The maximum Gasteiger partial charge on any atom is 0.123 e. The summed E-state index contributed by atoms with van der Waals surface area (Å²) in [5.41, 5.74) is 1.25. The fourth-order valence-electron chi connectivity index (χ4n) is 4.06. The minimum Gasteiger partial charge on any atom is -0.312 e. The van der Waals surface area contributed by atoms with Gasteiger partial charge in [0.1, 0.15) is 5.82 Å². The molecule has 2 aliphatic rings. The standard InChI is InChI=1S/C19H30FN3/c1-15-4-3-10-22(12-15)14-19(17-5-7-18(20)8-6-17)23-11-9-21-16(2)13-23/h5-8,15-16,19,21H,3-4,9-14H2,1-2H3. The second-order valence-corrected chi connectivity index (χ2v) is 7.42. The van der Waals surface area contributed by atoms with Crippen molar-refractivity contribution < 1.29 is 4.39 Å². The van der Waals surface area contributed by atoms with Crippen LogP contribution in [0, 0.1) is 11.7 Å². The molecule has 1 aromatic carbocycles. The van der Waals surface area contributed by atoms with Gasteiger partial charge >= 0.3 is 0 Å². The van der Waals surface area contributed by atoms with E-state index in [1.165, 1.54) is 31.5 Å². The average molecular weight is 319 g/mol. The number of hydrogen-bond acceptors (Lipinski definition) is 3. The van der Waals surface area contributed by atoms with Gasteiger partial charge in [-0.3, -0.25) is 4.90 Å². The molecular formula is C19H30FN3. The second-order valence-electron chi connectivity index (χ2n) is 7.42. The maximum absolute atomic E-state index is 13.3. The first-order valence-corrected chi connectivity index (χ1v) is 9.07. The zero-order chi connectivity index (χ0) is 16.2. The first-order chi connectivity index (χ1) is 11.1. The Hall–Kier alpha value is -0.970. The van der Waals surface area contributed by atoms with Crippen LogP contribution < -0.4 is 5.32 Å². The SMILES string of the molecule is CC1CCCN(CC(c2ccc(F)cc2)N2CCNC(C)C2)C1. The minimum absolute atomic E-state index is 0.146. The van der Waals surface area contributed by atoms with Crippen molar-refractivity contribution in [2.75, 3.05) is 39.3 Å². The molecule has 2 heterocycles. The molecule has 0 spiro atoms. The predicted octanol–water partition coefficient (Wildman–Crippen LogP) is 2.89. The molecule has 3 unspecified atom stereocenters. The molecule has 1 aromatic rings. The quantitative estimate of drug-likeness (QED) is 0.920. The summed E-state index contributed by atoms with van der Waals surface area (Å²) in [6, 6.07) is 8.04. The number of piperidine rings is 1. The molecule has 0 bridgehead atoms. The first kappa shape index (κ1) is 16.9. The number of likely N-dealkylation sites (tertiary alicyclic amines) is 1. The molecule has 0 aliphatic carbocycles. The van der Waals surface area contributed by atoms with Crippen LogP contribution in [-0.2, 0) is 0 Å². The summed E-state index contributed by atoms with van der Waals surface area (Å²) in [5.74, 6) is 0.646. The molecule has 2 saturated heterocycles. The number of benzene rings is 1. The van der Waals surface area contributed by atoms with Gasteiger partial charge in [0.05, 0.1) is 0 Å². The normalized spacial score (nSPS) is 28.7. The fourth-order valence-corrected chi connectivity index (χ4v) is 4.06. The third-order valence-electron chi connectivity index (χ3n) is 5.27. The van der Waals surface area contributed by atoms with Gasteiger partial charge in [-0.05, 0) is 49.9 Å². The second kappa shape index (κ2) is 7.73. The Kier molecular flexibility index (Phi) is 5.67. The van der Waals surface area contributed by atoms with Crippen LogP contribution >= 0.6 is 0 Å². The summed E-state index contributed by atoms with van der Waals surface area (Å²) < 4.78 is 13.3. The van der Waals surface area contributed by atoms with Gasteiger partial charge in [-0.2, -0.15) is 0 Å². The van der Waals surface area contributed by atoms with Gasteiger partial charge in [0.25, 0.3) is 0 Å². The third kappa shape index (κ3) is 4.52. The summed E-state index contributed by atoms with van der Waals surface area (Å²) >= 11 is 0. The number of nitrogens with one attached hydrogen (secondary N) is 1. The van der Waals surface area contributed by atoms with E-state index in [0.29, 0.717) is 12.1 Å². The Morgan fingerprint density at radius 1 is 1.17 bits per heavy atom. The van der Waals surface area contributed by atoms with E-state index in [0.717, 1.165) is 32.1 Å². The van der Waals surface area contributed by atoms with E-state index in [9.17, 15) is 4.39 Å². The molecular weight excluding hydrogens is 289 g/mol. The van der Waals surface area contributed by atoms with E-state index >= 15 is 0 Å². The van der Waals surface area contributed by atoms with E-state index in [4.69, 9.17) is 0 Å². The Labute approximate surface area is 139 Å². The third-order valence-corrected chi connectivity index (χ3v) is 5.27. The van der Waals surface area contributed by atoms with E-state index in [2.05, 4.69) is 29.0 Å². The van der Waals surface area contributed by atoms with Gasteiger partial charge in [0, 0.05) is 44.8 Å². The molecule has 23 heavy (non-hydrogen) atoms. The number of nitrogens with zero attached hydrogens (tertiary/aromatic N) is 2. The highest BCUT2D eigenvalue weighted by Gasteiger charge is 2.28. The minimum atomic E-state index is -0.146. The highest BCUT2D eigenvalue weighted by atomic mass is 19.1. The summed E-state index contributed by atoms with van der Waals surface area (Å²) in [5, 5.41) is 3.52. The lowest BCUT2D eigenvalue weighted by Gasteiger charge is -2.41. The van der Waals surface area contributed by atoms with Crippen molar-refractivity contribution >= 4 is 0 Å². The van der Waals surface area contributed by atoms with Crippen molar-refractivity contribution in [1.29, 1.82) is 0 Å². The molecule has 4 heteroatoms. The Bertz CT molecular complexity index is 490. The smallest absolute Gasteiger partial charge is 0.123 e. The predicted molar refractivity (Wildman–Crippen MR) is 93.0 cm³/mol. The lowest BCUT2D eigenvalue weighted by molar-refractivity contribution is 0.0895. The number of piperazine rings is 1. The van der Waals surface area contributed by atoms with Gasteiger partial charge in [0.2, 0.25) is 0 Å². The fraction of sp³-hybridized carbons (Fsp3) is 0.684. The largest absolute Gasteiger partial charge is 0.312 e. The topological polar surface area (TPSA) is 18.5 Å². The monoisotopic (exact) mass is 319 g/mol. The molecule has 0 aromatic heterocycles. The molecule has 2 fully saturated rings. The van der Waals surface area contributed by atoms with Crippen LogP contribution in [0.3, 0.4) is 0 Å². The zero-order valence-electron chi connectivity index (χ0n) is 14.5. The molecule has 3 nitrogen and oxygen atoms in total. The zero-order valence-corrected chi connectivity index (χ0v) is 14.5. The van der Waals surface area contributed by atoms with Gasteiger partial charge in [-0.15, -0.1) is 0 Å².